The summed E-state index contributed by atoms with van der Waals surface area (Å²) in [5.41, 5.74) is 1.48. The van der Waals surface area contributed by atoms with Crippen molar-refractivity contribution in [2.24, 2.45) is 0 Å². The van der Waals surface area contributed by atoms with E-state index in [0.29, 0.717) is 34.0 Å². The van der Waals surface area contributed by atoms with Crippen LogP contribution < -0.4 is 4.90 Å². The zero-order valence-electron chi connectivity index (χ0n) is 22.5. The first-order valence-corrected chi connectivity index (χ1v) is 16.2. The van der Waals surface area contributed by atoms with Crippen molar-refractivity contribution in [1.82, 2.24) is 14.2 Å². The molecule has 0 radical (unpaired) electrons. The van der Waals surface area contributed by atoms with E-state index >= 15 is 0 Å². The number of nitrogens with zero attached hydrogens (tertiary/aromatic N) is 4. The molecule has 0 unspecified atom stereocenters. The Bertz CT molecular complexity index is 1690. The summed E-state index contributed by atoms with van der Waals surface area (Å²) in [4.78, 5) is 21.8. The molecule has 0 saturated carbocycles. The number of para-hydroxylation sites is 1. The summed E-state index contributed by atoms with van der Waals surface area (Å²) in [6.07, 6.45) is 1.13. The number of sulfonamides is 1. The number of halogens is 1. The second-order valence-corrected chi connectivity index (χ2v) is 14.4. The van der Waals surface area contributed by atoms with Crippen molar-refractivity contribution in [3.05, 3.63) is 83.9 Å². The molecule has 0 bridgehead atoms. The van der Waals surface area contributed by atoms with Crippen molar-refractivity contribution in [2.75, 3.05) is 45.4 Å². The van der Waals surface area contributed by atoms with Crippen LogP contribution in [-0.4, -0.2) is 77.4 Å². The third-order valence-electron chi connectivity index (χ3n) is 6.07. The number of amides is 1. The minimum absolute atomic E-state index is 0. The fourth-order valence-corrected chi connectivity index (χ4v) is 7.01. The molecule has 0 fully saturated rings. The number of sulfone groups is 1. The van der Waals surface area contributed by atoms with Gasteiger partial charge in [0.1, 0.15) is 5.52 Å². The van der Waals surface area contributed by atoms with Crippen molar-refractivity contribution in [1.29, 1.82) is 0 Å². The van der Waals surface area contributed by atoms with Gasteiger partial charge in [-0.2, -0.15) is 4.31 Å². The average molecular weight is 623 g/mol. The number of fused-ring (bicyclic) bond motifs is 1. The van der Waals surface area contributed by atoms with Crippen LogP contribution in [0.2, 0.25) is 0 Å². The monoisotopic (exact) mass is 622 g/mol. The Balaban J connectivity index is 0.00000441. The number of likely N-dealkylation sites (N-methyl/N-ethyl adjacent to an activating group) is 1. The molecule has 1 heterocycles. The summed E-state index contributed by atoms with van der Waals surface area (Å²) in [5, 5.41) is 0.368. The van der Waals surface area contributed by atoms with E-state index in [-0.39, 0.29) is 34.6 Å². The summed E-state index contributed by atoms with van der Waals surface area (Å²) in [6, 6.07) is 20.0. The van der Waals surface area contributed by atoms with Crippen molar-refractivity contribution < 1.29 is 21.6 Å². The number of thiazole rings is 1. The van der Waals surface area contributed by atoms with Crippen LogP contribution in [0.5, 0.6) is 0 Å². The predicted molar refractivity (Wildman–Crippen MR) is 162 cm³/mol. The zero-order chi connectivity index (χ0) is 28.4. The van der Waals surface area contributed by atoms with E-state index in [0.717, 1.165) is 11.8 Å². The molecule has 4 rings (SSSR count). The minimum Gasteiger partial charge on any atom is -0.308 e. The first-order valence-electron chi connectivity index (χ1n) is 12.0. The Morgan fingerprint density at radius 3 is 2.10 bits per heavy atom. The average Bonchev–Trinajstić information content (AvgIpc) is 3.32. The Morgan fingerprint density at radius 2 is 1.50 bits per heavy atom. The number of aromatic nitrogens is 1. The van der Waals surface area contributed by atoms with Crippen LogP contribution in [0.1, 0.15) is 15.9 Å². The topological polar surface area (TPSA) is 108 Å². The van der Waals surface area contributed by atoms with Crippen LogP contribution in [0.15, 0.2) is 82.6 Å². The van der Waals surface area contributed by atoms with Crippen LogP contribution in [0.4, 0.5) is 5.13 Å². The number of carbonyl (C=O) groups excluding carboxylic acids is 1. The molecule has 9 nitrogen and oxygen atoms in total. The molecule has 13 heteroatoms. The largest absolute Gasteiger partial charge is 0.308 e. The Kier molecular flexibility index (Phi) is 10.1. The number of hydrogen-bond acceptors (Lipinski definition) is 8. The minimum atomic E-state index is -3.78. The van der Waals surface area contributed by atoms with Gasteiger partial charge in [0.15, 0.2) is 15.0 Å². The first kappa shape index (κ1) is 31.7. The maximum Gasteiger partial charge on any atom is 0.260 e. The molecule has 1 amide bonds. The highest BCUT2D eigenvalue weighted by Gasteiger charge is 2.25. The van der Waals surface area contributed by atoms with Crippen LogP contribution in [0, 0.1) is 0 Å². The van der Waals surface area contributed by atoms with E-state index in [2.05, 4.69) is 4.98 Å². The van der Waals surface area contributed by atoms with Gasteiger partial charge in [-0.3, -0.25) is 9.69 Å². The van der Waals surface area contributed by atoms with E-state index in [1.54, 1.807) is 12.1 Å². The summed E-state index contributed by atoms with van der Waals surface area (Å²) >= 11 is 1.23. The Hall–Kier alpha value is -2.87. The maximum atomic E-state index is 13.6. The highest BCUT2D eigenvalue weighted by atomic mass is 35.5. The molecular formula is C27H31ClN4O5S3. The normalized spacial score (nSPS) is 12.1. The lowest BCUT2D eigenvalue weighted by Gasteiger charge is -2.22. The van der Waals surface area contributed by atoms with Gasteiger partial charge in [0.25, 0.3) is 5.91 Å². The third kappa shape index (κ3) is 7.06. The number of hydrogen-bond donors (Lipinski definition) is 0. The van der Waals surface area contributed by atoms with Crippen LogP contribution in [0.25, 0.3) is 10.2 Å². The number of benzene rings is 3. The van der Waals surface area contributed by atoms with Crippen LogP contribution in [-0.2, 0) is 26.4 Å². The summed E-state index contributed by atoms with van der Waals surface area (Å²) in [5.74, 6) is -0.363. The van der Waals surface area contributed by atoms with Crippen molar-refractivity contribution in [3.63, 3.8) is 0 Å². The second-order valence-electron chi connectivity index (χ2n) is 9.40. The van der Waals surface area contributed by atoms with Crippen LogP contribution >= 0.6 is 23.7 Å². The SMILES string of the molecule is CN(C)CCN(C(=O)c1ccc(S(=O)(=O)N(C)Cc2ccccc2)cc1)c1nc2c(S(C)(=O)=O)cccc2s1.Cl. The zero-order valence-corrected chi connectivity index (χ0v) is 25.8. The summed E-state index contributed by atoms with van der Waals surface area (Å²) < 4.78 is 52.7. The fourth-order valence-electron chi connectivity index (χ4n) is 3.94. The number of anilines is 1. The fraction of sp³-hybridized carbons (Fsp3) is 0.259. The van der Waals surface area contributed by atoms with Gasteiger partial charge in [0, 0.05) is 38.5 Å². The lowest BCUT2D eigenvalue weighted by Crippen LogP contribution is -2.36. The first-order chi connectivity index (χ1) is 18.4. The van der Waals surface area contributed by atoms with Gasteiger partial charge >= 0.3 is 0 Å². The highest BCUT2D eigenvalue weighted by molar-refractivity contribution is 7.91. The Labute approximate surface area is 245 Å². The summed E-state index contributed by atoms with van der Waals surface area (Å²) in [7, 11) is -2.01. The van der Waals surface area contributed by atoms with E-state index in [1.165, 1.54) is 57.9 Å². The van der Waals surface area contributed by atoms with E-state index < -0.39 is 19.9 Å². The van der Waals surface area contributed by atoms with Crippen molar-refractivity contribution in [2.45, 2.75) is 16.3 Å². The molecule has 214 valence electrons. The van der Waals surface area contributed by atoms with E-state index in [9.17, 15) is 21.6 Å². The molecule has 0 saturated heterocycles. The maximum absolute atomic E-state index is 13.6. The van der Waals surface area contributed by atoms with E-state index in [1.807, 2.05) is 49.3 Å². The van der Waals surface area contributed by atoms with Gasteiger partial charge in [-0.25, -0.2) is 21.8 Å². The van der Waals surface area contributed by atoms with Gasteiger partial charge in [-0.05, 0) is 56.1 Å². The number of carbonyl (C=O) groups is 1. The highest BCUT2D eigenvalue weighted by Crippen LogP contribution is 2.33. The van der Waals surface area contributed by atoms with Gasteiger partial charge in [0.05, 0.1) is 14.5 Å². The summed E-state index contributed by atoms with van der Waals surface area (Å²) in [6.45, 7) is 1.06. The van der Waals surface area contributed by atoms with Gasteiger partial charge in [-0.1, -0.05) is 47.7 Å². The molecule has 0 aliphatic heterocycles. The number of rotatable bonds is 10. The van der Waals surface area contributed by atoms with E-state index in [4.69, 9.17) is 0 Å². The van der Waals surface area contributed by atoms with Gasteiger partial charge in [-0.15, -0.1) is 12.4 Å². The standard InChI is InChI=1S/C27H30N4O5S3.ClH/c1-29(2)17-18-31(27-28-25-23(37-27)11-8-12-24(25)38(4,33)34)26(32)21-13-15-22(16-14-21)39(35,36)30(3)19-20-9-6-5-7-10-20;/h5-16H,17-19H2,1-4H3;1H. The molecule has 0 N–H and O–H groups in total. The Morgan fingerprint density at radius 1 is 0.850 bits per heavy atom. The molecule has 0 aliphatic rings. The lowest BCUT2D eigenvalue weighted by molar-refractivity contribution is 0.0985. The molecular weight excluding hydrogens is 592 g/mol. The molecule has 3 aromatic carbocycles. The molecule has 40 heavy (non-hydrogen) atoms. The molecule has 0 spiro atoms. The molecule has 1 aromatic heterocycles. The van der Waals surface area contributed by atoms with Gasteiger partial charge < -0.3 is 4.90 Å². The van der Waals surface area contributed by atoms with Gasteiger partial charge in [0.2, 0.25) is 10.0 Å². The van der Waals surface area contributed by atoms with Crippen molar-refractivity contribution in [3.8, 4) is 0 Å². The van der Waals surface area contributed by atoms with Crippen molar-refractivity contribution >= 4 is 64.9 Å². The molecule has 0 aliphatic carbocycles. The lowest BCUT2D eigenvalue weighted by atomic mass is 10.2. The quantitative estimate of drug-likeness (QED) is 0.261. The molecule has 0 atom stereocenters. The van der Waals surface area contributed by atoms with Crippen LogP contribution in [0.3, 0.4) is 0 Å². The smallest absolute Gasteiger partial charge is 0.260 e. The predicted octanol–water partition coefficient (Wildman–Crippen LogP) is 4.15. The third-order valence-corrected chi connectivity index (χ3v) is 10.1. The molecule has 4 aromatic rings. The second kappa shape index (κ2) is 12.8.